The number of nitrogens with zero attached hydrogens (tertiary/aromatic N) is 2. The van der Waals surface area contributed by atoms with Gasteiger partial charge in [0, 0.05) is 23.7 Å². The van der Waals surface area contributed by atoms with Crippen LogP contribution in [0, 0.1) is 6.92 Å². The number of aliphatic imine (C=N–C) groups is 1. The average Bonchev–Trinajstić information content (AvgIpc) is 3.31. The number of fused-ring (bicyclic) bond motifs is 1. The second kappa shape index (κ2) is 9.20. The first-order valence-corrected chi connectivity index (χ1v) is 11.9. The monoisotopic (exact) mass is 452 g/mol. The van der Waals surface area contributed by atoms with Gasteiger partial charge in [-0.05, 0) is 62.2 Å². The van der Waals surface area contributed by atoms with Crippen molar-refractivity contribution in [2.45, 2.75) is 44.9 Å². The molecule has 0 aliphatic carbocycles. The normalized spacial score (nSPS) is 18.4. The van der Waals surface area contributed by atoms with E-state index in [1.807, 2.05) is 44.2 Å². The van der Waals surface area contributed by atoms with Crippen LogP contribution in [-0.2, 0) is 9.59 Å². The molecule has 1 aliphatic rings. The third-order valence-electron chi connectivity index (χ3n) is 5.04. The maximum atomic E-state index is 12.4. The number of thiazole rings is 1. The molecular weight excluding hydrogens is 428 g/mol. The van der Waals surface area contributed by atoms with Crippen LogP contribution in [0.25, 0.3) is 20.8 Å². The lowest BCUT2D eigenvalue weighted by atomic mass is 10.2. The number of hydrogen-bond acceptors (Lipinski definition) is 6. The molecule has 2 N–H and O–H groups in total. The van der Waals surface area contributed by atoms with Crippen molar-refractivity contribution in [3.05, 3.63) is 48.0 Å². The molecule has 160 valence electrons. The van der Waals surface area contributed by atoms with E-state index in [9.17, 15) is 9.59 Å². The summed E-state index contributed by atoms with van der Waals surface area (Å²) in [6.07, 6.45) is 1.01. The molecule has 0 saturated carbocycles. The van der Waals surface area contributed by atoms with E-state index in [2.05, 4.69) is 34.7 Å². The topological polar surface area (TPSA) is 83.5 Å². The maximum Gasteiger partial charge on any atom is 0.240 e. The summed E-state index contributed by atoms with van der Waals surface area (Å²) in [7, 11) is 0. The van der Waals surface area contributed by atoms with E-state index in [4.69, 9.17) is 4.98 Å². The lowest BCUT2D eigenvalue weighted by molar-refractivity contribution is -0.122. The van der Waals surface area contributed by atoms with Crippen molar-refractivity contribution in [3.8, 4) is 10.6 Å². The molecule has 2 aromatic carbocycles. The minimum atomic E-state index is -0.451. The molecule has 1 saturated heterocycles. The zero-order valence-corrected chi connectivity index (χ0v) is 19.3. The third-order valence-corrected chi connectivity index (χ3v) is 7.20. The predicted molar refractivity (Wildman–Crippen MR) is 130 cm³/mol. The Morgan fingerprint density at radius 2 is 2.03 bits per heavy atom. The molecule has 0 radical (unpaired) electrons. The number of nitrogens with one attached hydrogen (secondary N) is 2. The van der Waals surface area contributed by atoms with E-state index < -0.39 is 5.25 Å². The zero-order chi connectivity index (χ0) is 22.0. The van der Waals surface area contributed by atoms with Gasteiger partial charge < -0.3 is 10.6 Å². The number of carbonyl (C=O) groups excluding carboxylic acids is 2. The van der Waals surface area contributed by atoms with Gasteiger partial charge in [0.15, 0.2) is 5.17 Å². The van der Waals surface area contributed by atoms with Gasteiger partial charge in [-0.25, -0.2) is 4.98 Å². The van der Waals surface area contributed by atoms with Crippen LogP contribution in [0.5, 0.6) is 0 Å². The van der Waals surface area contributed by atoms with Crippen LogP contribution in [0.1, 0.15) is 32.3 Å². The van der Waals surface area contributed by atoms with E-state index in [0.29, 0.717) is 10.9 Å². The van der Waals surface area contributed by atoms with Gasteiger partial charge >= 0.3 is 0 Å². The van der Waals surface area contributed by atoms with Crippen molar-refractivity contribution < 1.29 is 9.59 Å². The van der Waals surface area contributed by atoms with Crippen molar-refractivity contribution >= 4 is 56.0 Å². The molecule has 0 bridgehead atoms. The third kappa shape index (κ3) is 5.14. The number of rotatable bonds is 6. The molecule has 3 aromatic rings. The highest BCUT2D eigenvalue weighted by molar-refractivity contribution is 8.15. The number of hydrogen-bond donors (Lipinski definition) is 2. The molecule has 4 rings (SSSR count). The summed E-state index contributed by atoms with van der Waals surface area (Å²) in [5, 5.41) is 6.75. The zero-order valence-electron chi connectivity index (χ0n) is 17.6. The lowest BCUT2D eigenvalue weighted by Crippen LogP contribution is -2.28. The minimum absolute atomic E-state index is 0.106. The molecule has 1 aliphatic heterocycles. The SMILES string of the molecule is CCC(C)N=C1NC(=O)C(CC(=O)Nc2ccc(-c3nc4ccc(C)cc4s3)cc2)S1. The molecule has 0 spiro atoms. The highest BCUT2D eigenvalue weighted by atomic mass is 32.2. The van der Waals surface area contributed by atoms with E-state index >= 15 is 0 Å². The van der Waals surface area contributed by atoms with E-state index in [0.717, 1.165) is 27.2 Å². The summed E-state index contributed by atoms with van der Waals surface area (Å²) in [5.74, 6) is -0.357. The van der Waals surface area contributed by atoms with E-state index in [1.165, 1.54) is 17.3 Å². The van der Waals surface area contributed by atoms with Crippen molar-refractivity contribution in [3.63, 3.8) is 0 Å². The first-order chi connectivity index (χ1) is 14.9. The number of carbonyl (C=O) groups is 2. The fourth-order valence-corrected chi connectivity index (χ4v) is 5.26. The van der Waals surface area contributed by atoms with E-state index in [1.54, 1.807) is 11.3 Å². The fourth-order valence-electron chi connectivity index (χ4n) is 3.12. The predicted octanol–water partition coefficient (Wildman–Crippen LogP) is 4.99. The molecule has 6 nitrogen and oxygen atoms in total. The molecule has 2 amide bonds. The smallest absolute Gasteiger partial charge is 0.240 e. The van der Waals surface area contributed by atoms with Crippen LogP contribution in [-0.4, -0.2) is 33.3 Å². The number of anilines is 1. The highest BCUT2D eigenvalue weighted by Gasteiger charge is 2.32. The van der Waals surface area contributed by atoms with Gasteiger partial charge in [0.2, 0.25) is 11.8 Å². The Kier molecular flexibility index (Phi) is 6.38. The lowest BCUT2D eigenvalue weighted by Gasteiger charge is -2.08. The Morgan fingerprint density at radius 3 is 2.77 bits per heavy atom. The van der Waals surface area contributed by atoms with Crippen molar-refractivity contribution in [1.29, 1.82) is 0 Å². The summed E-state index contributed by atoms with van der Waals surface area (Å²) in [4.78, 5) is 33.7. The Balaban J connectivity index is 1.38. The molecule has 1 aromatic heterocycles. The van der Waals surface area contributed by atoms with Gasteiger partial charge in [0.25, 0.3) is 0 Å². The summed E-state index contributed by atoms with van der Waals surface area (Å²) >= 11 is 2.98. The molecule has 2 unspecified atom stereocenters. The molecule has 2 atom stereocenters. The minimum Gasteiger partial charge on any atom is -0.326 e. The van der Waals surface area contributed by atoms with Crippen LogP contribution in [0.2, 0.25) is 0 Å². The molecule has 1 fully saturated rings. The second-order valence-electron chi connectivity index (χ2n) is 7.61. The Morgan fingerprint density at radius 1 is 1.26 bits per heavy atom. The summed E-state index contributed by atoms with van der Waals surface area (Å²) in [6, 6.07) is 14.0. The number of benzene rings is 2. The Bertz CT molecular complexity index is 1150. The fraction of sp³-hybridized carbons (Fsp3) is 0.304. The van der Waals surface area contributed by atoms with Gasteiger partial charge in [-0.3, -0.25) is 14.6 Å². The summed E-state index contributed by atoms with van der Waals surface area (Å²) in [5.41, 5.74) is 3.91. The van der Waals surface area contributed by atoms with Crippen LogP contribution in [0.4, 0.5) is 5.69 Å². The van der Waals surface area contributed by atoms with E-state index in [-0.39, 0.29) is 24.3 Å². The van der Waals surface area contributed by atoms with Crippen molar-refractivity contribution in [1.82, 2.24) is 10.3 Å². The van der Waals surface area contributed by atoms with Crippen LogP contribution in [0.3, 0.4) is 0 Å². The summed E-state index contributed by atoms with van der Waals surface area (Å²) < 4.78 is 1.16. The van der Waals surface area contributed by atoms with Crippen LogP contribution < -0.4 is 10.6 Å². The standard InChI is InChI=1S/C23H24N4O2S2/c1-4-14(3)24-23-27-21(29)19(31-23)12-20(28)25-16-8-6-15(7-9-16)22-26-17-10-5-13(2)11-18(17)30-22/h5-11,14,19H,4,12H2,1-3H3,(H,25,28)(H,24,27,29). The Labute approximate surface area is 189 Å². The van der Waals surface area contributed by atoms with Gasteiger partial charge in [-0.2, -0.15) is 0 Å². The van der Waals surface area contributed by atoms with Gasteiger partial charge in [-0.1, -0.05) is 24.8 Å². The average molecular weight is 453 g/mol. The Hall–Kier alpha value is -2.71. The molecule has 2 heterocycles. The largest absolute Gasteiger partial charge is 0.326 e. The van der Waals surface area contributed by atoms with Crippen molar-refractivity contribution in [2.75, 3.05) is 5.32 Å². The second-order valence-corrected chi connectivity index (χ2v) is 9.83. The summed E-state index contributed by atoms with van der Waals surface area (Å²) in [6.45, 7) is 6.12. The van der Waals surface area contributed by atoms with Gasteiger partial charge in [0.1, 0.15) is 10.3 Å². The number of amidine groups is 1. The maximum absolute atomic E-state index is 12.4. The van der Waals surface area contributed by atoms with Crippen LogP contribution >= 0.6 is 23.1 Å². The molecule has 8 heteroatoms. The van der Waals surface area contributed by atoms with Crippen LogP contribution in [0.15, 0.2) is 47.5 Å². The first kappa shape index (κ1) is 21.5. The molecular formula is C23H24N4O2S2. The van der Waals surface area contributed by atoms with Gasteiger partial charge in [0.05, 0.1) is 10.2 Å². The quantitative estimate of drug-likeness (QED) is 0.552. The number of aryl methyl sites for hydroxylation is 1. The number of aromatic nitrogens is 1. The number of thioether (sulfide) groups is 1. The molecule has 31 heavy (non-hydrogen) atoms. The number of amides is 2. The first-order valence-electron chi connectivity index (χ1n) is 10.2. The van der Waals surface area contributed by atoms with Crippen molar-refractivity contribution in [2.24, 2.45) is 4.99 Å². The highest BCUT2D eigenvalue weighted by Crippen LogP contribution is 2.31. The van der Waals surface area contributed by atoms with Gasteiger partial charge in [-0.15, -0.1) is 11.3 Å².